The van der Waals surface area contributed by atoms with Crippen LogP contribution in [0.5, 0.6) is 0 Å². The Labute approximate surface area is 146 Å². The molecule has 1 aliphatic rings. The van der Waals surface area contributed by atoms with Gasteiger partial charge < -0.3 is 16.4 Å². The highest BCUT2D eigenvalue weighted by Crippen LogP contribution is 2.39. The first kappa shape index (κ1) is 17.9. The van der Waals surface area contributed by atoms with Gasteiger partial charge in [0.15, 0.2) is 5.11 Å². The van der Waals surface area contributed by atoms with Gasteiger partial charge >= 0.3 is 0 Å². The summed E-state index contributed by atoms with van der Waals surface area (Å²) in [7, 11) is 0. The van der Waals surface area contributed by atoms with Crippen LogP contribution in [0, 0.1) is 11.3 Å². The molecule has 0 saturated heterocycles. The lowest BCUT2D eigenvalue weighted by atomic mass is 9.88. The number of carbonyl (C=O) groups excluding carboxylic acids is 2. The van der Waals surface area contributed by atoms with E-state index < -0.39 is 11.3 Å². The van der Waals surface area contributed by atoms with E-state index >= 15 is 0 Å². The fraction of sp³-hybridized carbons (Fsp3) is 0.562. The monoisotopic (exact) mass is 353 g/mol. The van der Waals surface area contributed by atoms with Crippen LogP contribution in [-0.4, -0.2) is 16.9 Å². The van der Waals surface area contributed by atoms with Gasteiger partial charge in [-0.2, -0.15) is 0 Å². The van der Waals surface area contributed by atoms with Crippen LogP contribution in [0.2, 0.25) is 0 Å². The Kier molecular flexibility index (Phi) is 5.10. The molecule has 0 bridgehead atoms. The van der Waals surface area contributed by atoms with Crippen molar-refractivity contribution in [3.05, 3.63) is 16.0 Å². The lowest BCUT2D eigenvalue weighted by Crippen LogP contribution is -2.41. The number of fused-ring (bicyclic) bond motifs is 1. The van der Waals surface area contributed by atoms with E-state index in [2.05, 4.69) is 17.6 Å². The number of nitrogens with two attached hydrogens (primary N) is 1. The molecule has 126 valence electrons. The molecule has 1 heterocycles. The maximum absolute atomic E-state index is 12.0. The number of thiocarbonyl (C=S) groups is 1. The van der Waals surface area contributed by atoms with Crippen LogP contribution >= 0.6 is 23.6 Å². The summed E-state index contributed by atoms with van der Waals surface area (Å²) in [6.45, 7) is 7.63. The van der Waals surface area contributed by atoms with Crippen LogP contribution in [0.4, 0.5) is 5.00 Å². The van der Waals surface area contributed by atoms with Crippen LogP contribution in [-0.2, 0) is 17.6 Å². The van der Waals surface area contributed by atoms with Crippen molar-refractivity contribution in [2.45, 2.75) is 47.0 Å². The molecule has 0 unspecified atom stereocenters. The number of amides is 2. The summed E-state index contributed by atoms with van der Waals surface area (Å²) in [6, 6.07) is 0. The van der Waals surface area contributed by atoms with Crippen molar-refractivity contribution >= 4 is 45.5 Å². The molecule has 0 saturated carbocycles. The van der Waals surface area contributed by atoms with Gasteiger partial charge in [-0.05, 0) is 43.0 Å². The molecule has 1 atom stereocenters. The van der Waals surface area contributed by atoms with Gasteiger partial charge in [0.05, 0.1) is 5.56 Å². The van der Waals surface area contributed by atoms with E-state index in [-0.39, 0.29) is 11.0 Å². The molecule has 5 nitrogen and oxygen atoms in total. The maximum Gasteiger partial charge on any atom is 0.251 e. The second-order valence-electron chi connectivity index (χ2n) is 7.08. The van der Waals surface area contributed by atoms with Gasteiger partial charge in [0.1, 0.15) is 5.00 Å². The van der Waals surface area contributed by atoms with Gasteiger partial charge in [0, 0.05) is 10.3 Å². The number of primary amides is 1. The minimum atomic E-state index is -0.539. The number of nitrogens with one attached hydrogen (secondary N) is 2. The summed E-state index contributed by atoms with van der Waals surface area (Å²) < 4.78 is 0. The van der Waals surface area contributed by atoms with E-state index in [0.717, 1.165) is 24.8 Å². The van der Waals surface area contributed by atoms with Gasteiger partial charge in [-0.1, -0.05) is 27.7 Å². The Balaban J connectivity index is 2.21. The third-order valence-corrected chi connectivity index (χ3v) is 5.27. The Bertz CT molecular complexity index is 659. The van der Waals surface area contributed by atoms with Crippen molar-refractivity contribution in [2.75, 3.05) is 5.32 Å². The summed E-state index contributed by atoms with van der Waals surface area (Å²) in [6.07, 6.45) is 2.85. The van der Waals surface area contributed by atoms with Crippen molar-refractivity contribution in [3.63, 3.8) is 0 Å². The SMILES string of the molecule is C[C@@H]1CCc2c(sc(NC(=S)NC(=O)C(C)(C)C)c2C(N)=O)C1. The largest absolute Gasteiger partial charge is 0.365 e. The smallest absolute Gasteiger partial charge is 0.251 e. The number of hydrogen-bond acceptors (Lipinski definition) is 4. The molecule has 2 rings (SSSR count). The third-order valence-electron chi connectivity index (χ3n) is 3.89. The standard InChI is InChI=1S/C16H23N3O2S2/c1-8-5-6-9-10(7-8)23-13(11(9)12(17)20)18-15(22)19-14(21)16(2,3)4/h8H,5-7H2,1-4H3,(H2,17,20)(H2,18,19,21,22)/t8-/m1/s1. The topological polar surface area (TPSA) is 84.2 Å². The van der Waals surface area contributed by atoms with E-state index in [1.807, 2.05) is 20.8 Å². The van der Waals surface area contributed by atoms with Crippen molar-refractivity contribution in [2.24, 2.45) is 17.1 Å². The Hall–Kier alpha value is -1.47. The van der Waals surface area contributed by atoms with E-state index in [1.165, 1.54) is 16.2 Å². The Morgan fingerprint density at radius 1 is 1.35 bits per heavy atom. The second kappa shape index (κ2) is 6.57. The zero-order valence-electron chi connectivity index (χ0n) is 13.9. The lowest BCUT2D eigenvalue weighted by Gasteiger charge is -2.18. The van der Waals surface area contributed by atoms with E-state index in [9.17, 15) is 9.59 Å². The molecule has 1 aromatic rings. The summed E-state index contributed by atoms with van der Waals surface area (Å²) in [4.78, 5) is 25.0. The van der Waals surface area contributed by atoms with E-state index in [0.29, 0.717) is 16.5 Å². The molecular formula is C16H23N3O2S2. The molecule has 4 N–H and O–H groups in total. The average molecular weight is 354 g/mol. The lowest BCUT2D eigenvalue weighted by molar-refractivity contribution is -0.126. The predicted octanol–water partition coefficient (Wildman–Crippen LogP) is 2.83. The molecule has 0 fully saturated rings. The fourth-order valence-electron chi connectivity index (χ4n) is 2.52. The number of hydrogen-bond donors (Lipinski definition) is 3. The highest BCUT2D eigenvalue weighted by molar-refractivity contribution is 7.80. The van der Waals surface area contributed by atoms with Crippen molar-refractivity contribution in [3.8, 4) is 0 Å². The fourth-order valence-corrected chi connectivity index (χ4v) is 4.20. The normalized spacial score (nSPS) is 17.3. The summed E-state index contributed by atoms with van der Waals surface area (Å²) in [5, 5.41) is 6.47. The average Bonchev–Trinajstić information content (AvgIpc) is 2.73. The quantitative estimate of drug-likeness (QED) is 0.714. The molecule has 0 radical (unpaired) electrons. The molecule has 1 aliphatic carbocycles. The highest BCUT2D eigenvalue weighted by Gasteiger charge is 2.27. The van der Waals surface area contributed by atoms with Crippen molar-refractivity contribution < 1.29 is 9.59 Å². The van der Waals surface area contributed by atoms with Gasteiger partial charge in [-0.25, -0.2) is 0 Å². The minimum Gasteiger partial charge on any atom is -0.365 e. The Morgan fingerprint density at radius 3 is 2.57 bits per heavy atom. The molecule has 7 heteroatoms. The van der Waals surface area contributed by atoms with E-state index in [1.54, 1.807) is 0 Å². The first-order valence-electron chi connectivity index (χ1n) is 7.66. The number of rotatable bonds is 2. The first-order chi connectivity index (χ1) is 10.6. The number of thiophene rings is 1. The first-order valence-corrected chi connectivity index (χ1v) is 8.88. The van der Waals surface area contributed by atoms with Gasteiger partial charge in [0.25, 0.3) is 5.91 Å². The number of anilines is 1. The van der Waals surface area contributed by atoms with Crippen LogP contribution < -0.4 is 16.4 Å². The molecule has 1 aromatic heterocycles. The molecule has 23 heavy (non-hydrogen) atoms. The second-order valence-corrected chi connectivity index (χ2v) is 8.59. The molecule has 0 aliphatic heterocycles. The van der Waals surface area contributed by atoms with Crippen molar-refractivity contribution in [1.82, 2.24) is 5.32 Å². The van der Waals surface area contributed by atoms with Crippen LogP contribution in [0.15, 0.2) is 0 Å². The summed E-state index contributed by atoms with van der Waals surface area (Å²) in [5.41, 5.74) is 6.57. The Morgan fingerprint density at radius 2 is 2.00 bits per heavy atom. The summed E-state index contributed by atoms with van der Waals surface area (Å²) in [5.74, 6) is -0.0302. The van der Waals surface area contributed by atoms with Crippen LogP contribution in [0.1, 0.15) is 54.9 Å². The number of carbonyl (C=O) groups is 2. The molecular weight excluding hydrogens is 330 g/mol. The molecule has 2 amide bonds. The van der Waals surface area contributed by atoms with Crippen LogP contribution in [0.3, 0.4) is 0 Å². The van der Waals surface area contributed by atoms with E-state index in [4.69, 9.17) is 18.0 Å². The highest BCUT2D eigenvalue weighted by atomic mass is 32.1. The maximum atomic E-state index is 12.0. The third kappa shape index (κ3) is 4.09. The van der Waals surface area contributed by atoms with Gasteiger partial charge in [0.2, 0.25) is 5.91 Å². The van der Waals surface area contributed by atoms with Gasteiger partial charge in [-0.3, -0.25) is 9.59 Å². The molecule has 0 spiro atoms. The predicted molar refractivity (Wildman–Crippen MR) is 97.8 cm³/mol. The summed E-state index contributed by atoms with van der Waals surface area (Å²) >= 11 is 6.71. The minimum absolute atomic E-state index is 0.175. The van der Waals surface area contributed by atoms with Crippen LogP contribution in [0.25, 0.3) is 0 Å². The zero-order chi connectivity index (χ0) is 17.4. The zero-order valence-corrected chi connectivity index (χ0v) is 15.5. The van der Waals surface area contributed by atoms with Crippen molar-refractivity contribution in [1.29, 1.82) is 0 Å². The molecule has 0 aromatic carbocycles. The van der Waals surface area contributed by atoms with Gasteiger partial charge in [-0.15, -0.1) is 11.3 Å².